The molecular weight excluding hydrogens is 1120 g/mol. The average molecular weight is 1270 g/mol. The van der Waals surface area contributed by atoms with E-state index in [1.807, 2.05) is 0 Å². The largest absolute Gasteiger partial charge is 0.478 e. The van der Waals surface area contributed by atoms with Gasteiger partial charge in [0, 0.05) is 138 Å². The summed E-state index contributed by atoms with van der Waals surface area (Å²) in [5.74, 6) is -0.935. The summed E-state index contributed by atoms with van der Waals surface area (Å²) in [5.41, 5.74) is 0.176. The molecule has 0 amide bonds. The molecule has 0 heterocycles. The molecule has 0 aromatic rings. The summed E-state index contributed by atoms with van der Waals surface area (Å²) < 4.78 is 0. The van der Waals surface area contributed by atoms with E-state index < -0.39 is 5.97 Å². The molecule has 0 aliphatic heterocycles. The second-order valence-corrected chi connectivity index (χ2v) is 19.7. The number of aliphatic hydroxyl groups is 20. The van der Waals surface area contributed by atoms with E-state index in [1.165, 1.54) is 6.92 Å². The van der Waals surface area contributed by atoms with Gasteiger partial charge in [0.15, 0.2) is 0 Å². The molecule has 0 spiro atoms. The lowest BCUT2D eigenvalue weighted by Crippen LogP contribution is -1.92. The van der Waals surface area contributed by atoms with Crippen LogP contribution in [0.25, 0.3) is 0 Å². The first-order valence-electron chi connectivity index (χ1n) is 32.9. The maximum absolute atomic E-state index is 9.60. The summed E-state index contributed by atoms with van der Waals surface area (Å²) in [6, 6.07) is 0. The standard InChI is InChI=1S/10C6H14O2.C4H6O2/c10*7-5-3-1-2-4-6-8;1-3(2)4(5)6/h10*7-8H,1-6H2;1H2,2H3,(H,5,6). The van der Waals surface area contributed by atoms with Crippen LogP contribution in [0.5, 0.6) is 0 Å². The summed E-state index contributed by atoms with van der Waals surface area (Å²) in [6.45, 7) is 10.3. The Labute approximate surface area is 524 Å². The number of carboxylic acids is 1. The van der Waals surface area contributed by atoms with Crippen LogP contribution >= 0.6 is 0 Å². The number of carboxylic acid groups (broad SMARTS) is 1. The Morgan fingerprint density at radius 3 is 0.244 bits per heavy atom. The van der Waals surface area contributed by atoms with Gasteiger partial charge in [0.25, 0.3) is 0 Å². The van der Waals surface area contributed by atoms with E-state index in [4.69, 9.17) is 107 Å². The molecule has 0 bridgehead atoms. The number of hydrogen-bond donors (Lipinski definition) is 21. The zero-order valence-corrected chi connectivity index (χ0v) is 54.9. The molecule has 0 unspecified atom stereocenters. The lowest BCUT2D eigenvalue weighted by Gasteiger charge is -1.93. The molecule has 22 heteroatoms. The van der Waals surface area contributed by atoms with Crippen molar-refractivity contribution in [3.63, 3.8) is 0 Å². The Kier molecular flexibility index (Phi) is 173. The minimum Gasteiger partial charge on any atom is -0.478 e. The number of aliphatic carboxylic acids is 1. The smallest absolute Gasteiger partial charge is 0.330 e. The first-order chi connectivity index (χ1) is 41.8. The van der Waals surface area contributed by atoms with E-state index in [1.54, 1.807) is 0 Å². The van der Waals surface area contributed by atoms with Gasteiger partial charge in [0.1, 0.15) is 0 Å². The first-order valence-corrected chi connectivity index (χ1v) is 32.9. The molecule has 0 aromatic carbocycles. The van der Waals surface area contributed by atoms with Crippen molar-refractivity contribution in [1.82, 2.24) is 0 Å². The molecule has 22 nitrogen and oxygen atoms in total. The number of rotatable bonds is 51. The monoisotopic (exact) mass is 1270 g/mol. The van der Waals surface area contributed by atoms with Gasteiger partial charge in [0.05, 0.1) is 0 Å². The van der Waals surface area contributed by atoms with E-state index in [2.05, 4.69) is 6.58 Å². The van der Waals surface area contributed by atoms with Gasteiger partial charge in [-0.25, -0.2) is 4.79 Å². The van der Waals surface area contributed by atoms with Crippen molar-refractivity contribution >= 4 is 5.97 Å². The van der Waals surface area contributed by atoms with E-state index in [-0.39, 0.29) is 138 Å². The highest BCUT2D eigenvalue weighted by Gasteiger charge is 1.92. The second kappa shape index (κ2) is 137. The number of unbranched alkanes of at least 4 members (excludes halogenated alkanes) is 30. The summed E-state index contributed by atoms with van der Waals surface area (Å²) in [6.07, 6.45) is 38.3. The Hall–Kier alpha value is -1.59. The normalized spacial score (nSPS) is 9.59. The summed E-state index contributed by atoms with van der Waals surface area (Å²) in [5, 5.41) is 174. The minimum absolute atomic E-state index is 0.176. The van der Waals surface area contributed by atoms with Crippen LogP contribution in [0.3, 0.4) is 0 Å². The summed E-state index contributed by atoms with van der Waals surface area (Å²) in [7, 11) is 0. The highest BCUT2D eigenvalue weighted by Crippen LogP contribution is 2.02. The zero-order chi connectivity index (χ0) is 67.6. The molecule has 0 aliphatic carbocycles. The fourth-order valence-corrected chi connectivity index (χ4v) is 5.77. The van der Waals surface area contributed by atoms with Gasteiger partial charge in [-0.15, -0.1) is 0 Å². The fourth-order valence-electron chi connectivity index (χ4n) is 5.77. The van der Waals surface area contributed by atoms with Crippen LogP contribution in [0.15, 0.2) is 12.2 Å². The zero-order valence-electron chi connectivity index (χ0n) is 54.9. The fraction of sp³-hybridized carbons (Fsp3) is 0.953. The maximum atomic E-state index is 9.60. The van der Waals surface area contributed by atoms with Gasteiger partial charge in [0.2, 0.25) is 0 Å². The van der Waals surface area contributed by atoms with Gasteiger partial charge in [-0.05, 0) is 135 Å². The summed E-state index contributed by atoms with van der Waals surface area (Å²) in [4.78, 5) is 9.60. The molecule has 86 heavy (non-hydrogen) atoms. The quantitative estimate of drug-likeness (QED) is 0.0247. The van der Waals surface area contributed by atoms with Crippen molar-refractivity contribution < 1.29 is 112 Å². The third-order valence-corrected chi connectivity index (χ3v) is 11.0. The number of hydrogen-bond acceptors (Lipinski definition) is 21. The van der Waals surface area contributed by atoms with E-state index in [9.17, 15) is 4.79 Å². The van der Waals surface area contributed by atoms with Gasteiger partial charge in [-0.2, -0.15) is 0 Å². The molecule has 0 aliphatic rings. The van der Waals surface area contributed by atoms with Crippen molar-refractivity contribution in [1.29, 1.82) is 0 Å². The molecule has 0 aromatic heterocycles. The Balaban J connectivity index is -0.0000000800. The van der Waals surface area contributed by atoms with Gasteiger partial charge >= 0.3 is 5.97 Å². The van der Waals surface area contributed by atoms with Crippen LogP contribution in [0.4, 0.5) is 0 Å². The van der Waals surface area contributed by atoms with Crippen LogP contribution in [0, 0.1) is 0 Å². The maximum Gasteiger partial charge on any atom is 0.330 e. The van der Waals surface area contributed by atoms with Crippen LogP contribution in [-0.2, 0) is 4.79 Å². The topological polar surface area (TPSA) is 442 Å². The molecule has 0 fully saturated rings. The van der Waals surface area contributed by atoms with E-state index in [0.29, 0.717) is 0 Å². The predicted molar refractivity (Wildman–Crippen MR) is 349 cm³/mol. The van der Waals surface area contributed by atoms with Crippen molar-refractivity contribution in [3.05, 3.63) is 12.2 Å². The van der Waals surface area contributed by atoms with Crippen molar-refractivity contribution in [2.45, 2.75) is 264 Å². The molecule has 0 atom stereocenters. The molecule has 0 saturated carbocycles. The van der Waals surface area contributed by atoms with Crippen molar-refractivity contribution in [3.8, 4) is 0 Å². The Bertz CT molecular complexity index is 680. The predicted octanol–water partition coefficient (Wildman–Crippen LogP) is 5.96. The van der Waals surface area contributed by atoms with Crippen LogP contribution in [-0.4, -0.2) is 245 Å². The molecule has 534 valence electrons. The third-order valence-electron chi connectivity index (χ3n) is 11.0. The summed E-state index contributed by atoms with van der Waals surface area (Å²) >= 11 is 0. The Morgan fingerprint density at radius 2 is 0.221 bits per heavy atom. The van der Waals surface area contributed by atoms with Crippen LogP contribution in [0.2, 0.25) is 0 Å². The minimum atomic E-state index is -0.935. The molecule has 0 radical (unpaired) electrons. The van der Waals surface area contributed by atoms with Crippen molar-refractivity contribution in [2.24, 2.45) is 0 Å². The van der Waals surface area contributed by atoms with Gasteiger partial charge < -0.3 is 107 Å². The molecule has 0 rings (SSSR count). The second-order valence-electron chi connectivity index (χ2n) is 19.7. The van der Waals surface area contributed by atoms with Gasteiger partial charge in [-0.3, -0.25) is 0 Å². The number of aliphatic hydroxyl groups excluding tert-OH is 20. The van der Waals surface area contributed by atoms with E-state index in [0.717, 1.165) is 257 Å². The lowest BCUT2D eigenvalue weighted by molar-refractivity contribution is -0.132. The highest BCUT2D eigenvalue weighted by atomic mass is 16.4. The lowest BCUT2D eigenvalue weighted by atomic mass is 10.2. The number of carbonyl (C=O) groups is 1. The third kappa shape index (κ3) is 199. The molecular formula is C64H146O22. The first kappa shape index (κ1) is 109. The Morgan fingerprint density at radius 1 is 0.174 bits per heavy atom. The van der Waals surface area contributed by atoms with Crippen LogP contribution in [0.1, 0.15) is 264 Å². The SMILES string of the molecule is C=C(C)C(=O)O.OCCCCCCO.OCCCCCCO.OCCCCCCO.OCCCCCCO.OCCCCCCO.OCCCCCCO.OCCCCCCO.OCCCCCCO.OCCCCCCO.OCCCCCCO. The molecule has 0 saturated heterocycles. The van der Waals surface area contributed by atoms with E-state index >= 15 is 0 Å². The highest BCUT2D eigenvalue weighted by molar-refractivity contribution is 5.84. The van der Waals surface area contributed by atoms with Crippen LogP contribution < -0.4 is 0 Å². The van der Waals surface area contributed by atoms with Crippen molar-refractivity contribution in [2.75, 3.05) is 132 Å². The molecule has 21 N–H and O–H groups in total. The van der Waals surface area contributed by atoms with Gasteiger partial charge in [-0.1, -0.05) is 135 Å². The average Bonchev–Trinajstić information content (AvgIpc) is 3.52.